The highest BCUT2D eigenvalue weighted by atomic mass is 127. The van der Waals surface area contributed by atoms with E-state index in [1.165, 1.54) is 12.8 Å². The number of aliphatic imine (C=N–C) groups is 1. The van der Waals surface area contributed by atoms with E-state index < -0.39 is 0 Å². The molecular formula is C13H26IN3OS. The largest absolute Gasteiger partial charge is 0.381 e. The lowest BCUT2D eigenvalue weighted by atomic mass is 9.87. The Morgan fingerprint density at radius 3 is 2.95 bits per heavy atom. The normalized spacial score (nSPS) is 26.8. The third kappa shape index (κ3) is 4.67. The Morgan fingerprint density at radius 1 is 1.47 bits per heavy atom. The van der Waals surface area contributed by atoms with Crippen molar-refractivity contribution in [1.82, 2.24) is 10.2 Å². The summed E-state index contributed by atoms with van der Waals surface area (Å²) in [7, 11) is 0. The second-order valence-corrected chi connectivity index (χ2v) is 6.19. The third-order valence-electron chi connectivity index (χ3n) is 3.81. The molecule has 1 N–H and O–H groups in total. The molecule has 1 spiro atoms. The quantitative estimate of drug-likeness (QED) is 0.340. The summed E-state index contributed by atoms with van der Waals surface area (Å²) in [4.78, 5) is 7.12. The topological polar surface area (TPSA) is 36.9 Å². The number of ether oxygens (including phenoxy) is 1. The van der Waals surface area contributed by atoms with Gasteiger partial charge >= 0.3 is 0 Å². The van der Waals surface area contributed by atoms with Crippen LogP contribution in [0.5, 0.6) is 0 Å². The number of nitrogens with one attached hydrogen (secondary N) is 1. The first-order valence-corrected chi connectivity index (χ1v) is 8.29. The van der Waals surface area contributed by atoms with Crippen molar-refractivity contribution in [2.45, 2.75) is 19.8 Å². The van der Waals surface area contributed by atoms with Crippen LogP contribution in [-0.2, 0) is 4.74 Å². The van der Waals surface area contributed by atoms with Gasteiger partial charge in [-0.1, -0.05) is 0 Å². The fraction of sp³-hybridized carbons (Fsp3) is 0.923. The summed E-state index contributed by atoms with van der Waals surface area (Å²) in [5, 5.41) is 3.42. The van der Waals surface area contributed by atoms with Crippen molar-refractivity contribution in [1.29, 1.82) is 0 Å². The summed E-state index contributed by atoms with van der Waals surface area (Å²) < 4.78 is 5.58. The average molecular weight is 399 g/mol. The Morgan fingerprint density at radius 2 is 2.32 bits per heavy atom. The molecule has 112 valence electrons. The SMILES string of the molecule is CCNC(=NCCSC)N1CCC2(CCOC2)C1.I. The summed E-state index contributed by atoms with van der Waals surface area (Å²) in [5.41, 5.74) is 0.412. The zero-order valence-corrected chi connectivity index (χ0v) is 15.1. The number of hydrogen-bond acceptors (Lipinski definition) is 3. The molecule has 0 aliphatic carbocycles. The van der Waals surface area contributed by atoms with Crippen LogP contribution in [0.15, 0.2) is 4.99 Å². The summed E-state index contributed by atoms with van der Waals surface area (Å²) in [6.45, 7) is 8.09. The van der Waals surface area contributed by atoms with E-state index >= 15 is 0 Å². The lowest BCUT2D eigenvalue weighted by molar-refractivity contribution is 0.156. The minimum absolute atomic E-state index is 0. The Hall–Kier alpha value is 0.310. The van der Waals surface area contributed by atoms with Crippen molar-refractivity contribution in [3.8, 4) is 0 Å². The fourth-order valence-corrected chi connectivity index (χ4v) is 3.03. The zero-order valence-electron chi connectivity index (χ0n) is 12.0. The van der Waals surface area contributed by atoms with Crippen molar-refractivity contribution in [2.24, 2.45) is 10.4 Å². The first-order valence-electron chi connectivity index (χ1n) is 6.90. The molecule has 0 aromatic heterocycles. The van der Waals surface area contributed by atoms with Crippen molar-refractivity contribution in [2.75, 3.05) is 51.4 Å². The summed E-state index contributed by atoms with van der Waals surface area (Å²) in [6.07, 6.45) is 4.59. The number of hydrogen-bond donors (Lipinski definition) is 1. The molecule has 2 heterocycles. The smallest absolute Gasteiger partial charge is 0.193 e. The van der Waals surface area contributed by atoms with E-state index in [1.807, 2.05) is 11.8 Å². The molecule has 2 aliphatic rings. The van der Waals surface area contributed by atoms with Crippen LogP contribution in [0.25, 0.3) is 0 Å². The monoisotopic (exact) mass is 399 g/mol. The third-order valence-corrected chi connectivity index (χ3v) is 4.41. The maximum Gasteiger partial charge on any atom is 0.193 e. The lowest BCUT2D eigenvalue weighted by Crippen LogP contribution is -2.41. The van der Waals surface area contributed by atoms with E-state index in [2.05, 4.69) is 23.4 Å². The second-order valence-electron chi connectivity index (χ2n) is 5.20. The van der Waals surface area contributed by atoms with Gasteiger partial charge in [-0.15, -0.1) is 24.0 Å². The number of thioether (sulfide) groups is 1. The maximum absolute atomic E-state index is 5.58. The van der Waals surface area contributed by atoms with E-state index in [0.717, 1.165) is 51.1 Å². The van der Waals surface area contributed by atoms with Crippen LogP contribution in [0, 0.1) is 5.41 Å². The molecule has 1 unspecified atom stereocenters. The molecule has 0 saturated carbocycles. The lowest BCUT2D eigenvalue weighted by Gasteiger charge is -2.24. The van der Waals surface area contributed by atoms with E-state index in [0.29, 0.717) is 5.41 Å². The minimum Gasteiger partial charge on any atom is -0.381 e. The first kappa shape index (κ1) is 17.4. The molecule has 1 atom stereocenters. The molecule has 0 aromatic carbocycles. The first-order chi connectivity index (χ1) is 8.79. The van der Waals surface area contributed by atoms with Gasteiger partial charge in [0, 0.05) is 37.4 Å². The predicted octanol–water partition coefficient (Wildman–Crippen LogP) is 2.05. The van der Waals surface area contributed by atoms with Gasteiger partial charge in [0.1, 0.15) is 0 Å². The molecule has 2 aliphatic heterocycles. The van der Waals surface area contributed by atoms with Crippen molar-refractivity contribution < 1.29 is 4.74 Å². The van der Waals surface area contributed by atoms with Crippen LogP contribution < -0.4 is 5.32 Å². The molecule has 0 radical (unpaired) electrons. The van der Waals surface area contributed by atoms with Crippen LogP contribution in [-0.4, -0.2) is 62.3 Å². The van der Waals surface area contributed by atoms with Crippen LogP contribution in [0.2, 0.25) is 0 Å². The fourth-order valence-electron chi connectivity index (χ4n) is 2.76. The Balaban J connectivity index is 0.00000180. The summed E-state index contributed by atoms with van der Waals surface area (Å²) in [6, 6.07) is 0. The molecule has 4 nitrogen and oxygen atoms in total. The highest BCUT2D eigenvalue weighted by molar-refractivity contribution is 14.0. The van der Waals surface area contributed by atoms with E-state index in [1.54, 1.807) is 0 Å². The number of nitrogens with zero attached hydrogens (tertiary/aromatic N) is 2. The summed E-state index contributed by atoms with van der Waals surface area (Å²) in [5.74, 6) is 2.19. The van der Waals surface area contributed by atoms with Gasteiger partial charge in [-0.25, -0.2) is 0 Å². The van der Waals surface area contributed by atoms with Gasteiger partial charge in [0.2, 0.25) is 0 Å². The molecule has 2 saturated heterocycles. The summed E-state index contributed by atoms with van der Waals surface area (Å²) >= 11 is 1.85. The zero-order chi connectivity index (χ0) is 12.8. The van der Waals surface area contributed by atoms with Gasteiger partial charge in [0.05, 0.1) is 13.2 Å². The Bertz CT molecular complexity index is 296. The van der Waals surface area contributed by atoms with Gasteiger partial charge in [-0.2, -0.15) is 11.8 Å². The number of likely N-dealkylation sites (tertiary alicyclic amines) is 1. The van der Waals surface area contributed by atoms with E-state index in [9.17, 15) is 0 Å². The van der Waals surface area contributed by atoms with Gasteiger partial charge in [-0.3, -0.25) is 4.99 Å². The van der Waals surface area contributed by atoms with Crippen molar-refractivity contribution in [3.05, 3.63) is 0 Å². The molecule has 19 heavy (non-hydrogen) atoms. The maximum atomic E-state index is 5.58. The molecule has 2 fully saturated rings. The molecule has 0 aromatic rings. The number of rotatable bonds is 4. The van der Waals surface area contributed by atoms with Gasteiger partial charge < -0.3 is 15.0 Å². The number of guanidine groups is 1. The van der Waals surface area contributed by atoms with Gasteiger partial charge in [-0.05, 0) is 26.0 Å². The molecular weight excluding hydrogens is 373 g/mol. The van der Waals surface area contributed by atoms with Crippen LogP contribution in [0.4, 0.5) is 0 Å². The van der Waals surface area contributed by atoms with Crippen molar-refractivity contribution in [3.63, 3.8) is 0 Å². The predicted molar refractivity (Wildman–Crippen MR) is 93.8 cm³/mol. The van der Waals surface area contributed by atoms with E-state index in [4.69, 9.17) is 9.73 Å². The second kappa shape index (κ2) is 8.56. The standard InChI is InChI=1S/C13H25N3OS.HI/c1-3-14-12(15-6-9-18-2)16-7-4-13(10-16)5-8-17-11-13;/h3-11H2,1-2H3,(H,14,15);1H. The van der Waals surface area contributed by atoms with Crippen LogP contribution in [0.1, 0.15) is 19.8 Å². The highest BCUT2D eigenvalue weighted by Crippen LogP contribution is 2.38. The molecule has 6 heteroatoms. The van der Waals surface area contributed by atoms with Crippen molar-refractivity contribution >= 4 is 41.7 Å². The van der Waals surface area contributed by atoms with Gasteiger partial charge in [0.25, 0.3) is 0 Å². The van der Waals surface area contributed by atoms with Crippen LogP contribution >= 0.6 is 35.7 Å². The number of halogens is 1. The van der Waals surface area contributed by atoms with E-state index in [-0.39, 0.29) is 24.0 Å². The highest BCUT2D eigenvalue weighted by Gasteiger charge is 2.42. The Labute approximate surface area is 138 Å². The molecule has 0 bridgehead atoms. The van der Waals surface area contributed by atoms with Gasteiger partial charge in [0.15, 0.2) is 5.96 Å². The Kier molecular flexibility index (Phi) is 7.83. The van der Waals surface area contributed by atoms with Crippen LogP contribution in [0.3, 0.4) is 0 Å². The molecule has 2 rings (SSSR count). The average Bonchev–Trinajstić information content (AvgIpc) is 3.00. The minimum atomic E-state index is 0. The molecule has 0 amide bonds.